The summed E-state index contributed by atoms with van der Waals surface area (Å²) in [4.78, 5) is 13.3. The highest BCUT2D eigenvalue weighted by atomic mass is 32.2. The van der Waals surface area contributed by atoms with Gasteiger partial charge in [0.2, 0.25) is 0 Å². The Morgan fingerprint density at radius 3 is 2.74 bits per heavy atom. The molecule has 1 rings (SSSR count). The molecule has 0 aromatic heterocycles. The fourth-order valence-corrected chi connectivity index (χ4v) is 3.10. The van der Waals surface area contributed by atoms with Crippen LogP contribution in [0, 0.1) is 0 Å². The van der Waals surface area contributed by atoms with Gasteiger partial charge in [0, 0.05) is 29.6 Å². The molecule has 5 nitrogen and oxygen atoms in total. The van der Waals surface area contributed by atoms with Crippen molar-refractivity contribution in [3.05, 3.63) is 0 Å². The Balaban J connectivity index is 2.45. The number of aliphatic carboxylic acids is 1. The van der Waals surface area contributed by atoms with E-state index in [4.69, 9.17) is 15.6 Å². The molecule has 1 fully saturated rings. The van der Waals surface area contributed by atoms with Gasteiger partial charge in [0.15, 0.2) is 0 Å². The number of carboxylic acid groups (broad SMARTS) is 1. The van der Waals surface area contributed by atoms with Crippen LogP contribution >= 0.6 is 11.8 Å². The molecule has 6 heteroatoms. The third-order valence-electron chi connectivity index (χ3n) is 3.56. The first-order valence-electron chi connectivity index (χ1n) is 6.72. The lowest BCUT2D eigenvalue weighted by atomic mass is 10.1. The minimum absolute atomic E-state index is 0.154. The minimum atomic E-state index is -0.953. The van der Waals surface area contributed by atoms with E-state index in [0.29, 0.717) is 6.04 Å². The van der Waals surface area contributed by atoms with Crippen molar-refractivity contribution in [2.45, 2.75) is 50.6 Å². The number of hydrogen-bond donors (Lipinski definition) is 2. The van der Waals surface area contributed by atoms with Crippen LogP contribution in [0.4, 0.5) is 0 Å². The Morgan fingerprint density at radius 2 is 2.21 bits per heavy atom. The van der Waals surface area contributed by atoms with Gasteiger partial charge in [0.1, 0.15) is 6.04 Å². The zero-order valence-electron chi connectivity index (χ0n) is 12.3. The van der Waals surface area contributed by atoms with E-state index in [2.05, 4.69) is 18.7 Å². The van der Waals surface area contributed by atoms with Crippen LogP contribution in [-0.2, 0) is 9.53 Å². The number of hydrogen-bond acceptors (Lipinski definition) is 5. The summed E-state index contributed by atoms with van der Waals surface area (Å²) in [6, 6.07) is -0.340. The van der Waals surface area contributed by atoms with E-state index in [1.54, 1.807) is 11.8 Å². The van der Waals surface area contributed by atoms with Crippen LogP contribution in [0.25, 0.3) is 0 Å². The van der Waals surface area contributed by atoms with Crippen LogP contribution in [0.5, 0.6) is 0 Å². The van der Waals surface area contributed by atoms with Gasteiger partial charge in [-0.05, 0) is 27.7 Å². The largest absolute Gasteiger partial charge is 0.480 e. The molecule has 0 aliphatic carbocycles. The van der Waals surface area contributed by atoms with Crippen LogP contribution in [0.3, 0.4) is 0 Å². The Labute approximate surface area is 119 Å². The summed E-state index contributed by atoms with van der Waals surface area (Å²) in [6.45, 7) is 10.7. The van der Waals surface area contributed by atoms with Gasteiger partial charge in [-0.1, -0.05) is 0 Å². The average molecular weight is 290 g/mol. The molecule has 2 atom stereocenters. The van der Waals surface area contributed by atoms with E-state index in [1.165, 1.54) is 0 Å². The van der Waals surface area contributed by atoms with E-state index in [1.807, 2.05) is 13.8 Å². The standard InChI is InChI=1S/C13H26N2O3S/c1-9(2)15-5-6-18-10(7-15)8-19-13(3,4)11(14)12(16)17/h9-11H,5-8,14H2,1-4H3,(H,16,17)/t10?,11-/m1/s1. The normalized spacial score (nSPS) is 23.6. The predicted octanol–water partition coefficient (Wildman–Crippen LogP) is 1.02. The molecule has 1 saturated heterocycles. The number of carboxylic acids is 1. The van der Waals surface area contributed by atoms with E-state index in [0.717, 1.165) is 25.4 Å². The van der Waals surface area contributed by atoms with E-state index >= 15 is 0 Å². The highest BCUT2D eigenvalue weighted by Gasteiger charge is 2.34. The van der Waals surface area contributed by atoms with Gasteiger partial charge >= 0.3 is 5.97 Å². The van der Waals surface area contributed by atoms with E-state index in [-0.39, 0.29) is 6.10 Å². The Morgan fingerprint density at radius 1 is 1.58 bits per heavy atom. The lowest BCUT2D eigenvalue weighted by molar-refractivity contribution is -0.139. The first-order chi connectivity index (χ1) is 8.74. The molecule has 112 valence electrons. The minimum Gasteiger partial charge on any atom is -0.480 e. The number of carbonyl (C=O) groups is 1. The number of morpholine rings is 1. The number of nitrogens with two attached hydrogens (primary N) is 1. The summed E-state index contributed by atoms with van der Waals surface area (Å²) in [6.07, 6.45) is 0.154. The molecule has 0 aromatic rings. The Kier molecular flexibility index (Phi) is 6.11. The highest BCUT2D eigenvalue weighted by Crippen LogP contribution is 2.29. The smallest absolute Gasteiger partial charge is 0.321 e. The van der Waals surface area contributed by atoms with Gasteiger partial charge in [-0.15, -0.1) is 0 Å². The molecule has 1 aliphatic heterocycles. The summed E-state index contributed by atoms with van der Waals surface area (Å²) in [5.41, 5.74) is 5.71. The lowest BCUT2D eigenvalue weighted by Gasteiger charge is -2.37. The summed E-state index contributed by atoms with van der Waals surface area (Å²) >= 11 is 1.58. The van der Waals surface area contributed by atoms with Crippen LogP contribution in [0.2, 0.25) is 0 Å². The van der Waals surface area contributed by atoms with Crippen molar-refractivity contribution >= 4 is 17.7 Å². The number of nitrogens with zero attached hydrogens (tertiary/aromatic N) is 1. The number of rotatable bonds is 6. The van der Waals surface area contributed by atoms with Gasteiger partial charge in [0.05, 0.1) is 12.7 Å². The topological polar surface area (TPSA) is 75.8 Å². The summed E-state index contributed by atoms with van der Waals surface area (Å²) in [5.74, 6) is -0.178. The van der Waals surface area contributed by atoms with E-state index < -0.39 is 16.8 Å². The predicted molar refractivity (Wildman–Crippen MR) is 78.6 cm³/mol. The van der Waals surface area contributed by atoms with Gasteiger partial charge < -0.3 is 15.6 Å². The van der Waals surface area contributed by atoms with Crippen molar-refractivity contribution < 1.29 is 14.6 Å². The Hall–Kier alpha value is -0.300. The molecule has 0 saturated carbocycles. The first kappa shape index (κ1) is 16.8. The molecular formula is C13H26N2O3S. The van der Waals surface area contributed by atoms with E-state index in [9.17, 15) is 4.79 Å². The average Bonchev–Trinajstić information content (AvgIpc) is 2.35. The van der Waals surface area contributed by atoms with Crippen LogP contribution in [0.1, 0.15) is 27.7 Å². The molecule has 1 heterocycles. The molecule has 0 aromatic carbocycles. The Bertz CT molecular complexity index is 310. The second-order valence-electron chi connectivity index (χ2n) is 5.81. The molecule has 1 unspecified atom stereocenters. The third-order valence-corrected chi connectivity index (χ3v) is 5.09. The SMILES string of the molecule is CC(C)N1CCOC(CSC(C)(C)[C@H](N)C(=O)O)C1. The van der Waals surface area contributed by atoms with Crippen molar-refractivity contribution in [3.8, 4) is 0 Å². The molecule has 1 aliphatic rings. The maximum absolute atomic E-state index is 11.0. The van der Waals surface area contributed by atoms with Crippen LogP contribution in [-0.4, -0.2) is 64.4 Å². The zero-order chi connectivity index (χ0) is 14.6. The maximum Gasteiger partial charge on any atom is 0.321 e. The second-order valence-corrected chi connectivity index (χ2v) is 7.49. The van der Waals surface area contributed by atoms with Crippen molar-refractivity contribution in [3.63, 3.8) is 0 Å². The quantitative estimate of drug-likeness (QED) is 0.760. The summed E-state index contributed by atoms with van der Waals surface area (Å²) in [5, 5.41) is 8.99. The first-order valence-corrected chi connectivity index (χ1v) is 7.70. The molecule has 3 N–H and O–H groups in total. The maximum atomic E-state index is 11.0. The van der Waals surface area contributed by atoms with Gasteiger partial charge in [0.25, 0.3) is 0 Å². The summed E-state index contributed by atoms with van der Waals surface area (Å²) < 4.78 is 5.25. The zero-order valence-corrected chi connectivity index (χ0v) is 13.1. The van der Waals surface area contributed by atoms with Gasteiger partial charge in [-0.3, -0.25) is 9.69 Å². The molecular weight excluding hydrogens is 264 g/mol. The molecule has 19 heavy (non-hydrogen) atoms. The van der Waals surface area contributed by atoms with Crippen molar-refractivity contribution in [1.29, 1.82) is 0 Å². The highest BCUT2D eigenvalue weighted by molar-refractivity contribution is 8.00. The fraction of sp³-hybridized carbons (Fsp3) is 0.923. The molecule has 0 amide bonds. The summed E-state index contributed by atoms with van der Waals surface area (Å²) in [7, 11) is 0. The monoisotopic (exact) mass is 290 g/mol. The van der Waals surface area contributed by atoms with Crippen molar-refractivity contribution in [2.75, 3.05) is 25.4 Å². The fourth-order valence-electron chi connectivity index (χ4n) is 2.01. The van der Waals surface area contributed by atoms with Crippen molar-refractivity contribution in [2.24, 2.45) is 5.73 Å². The van der Waals surface area contributed by atoms with Crippen molar-refractivity contribution in [1.82, 2.24) is 4.90 Å². The van der Waals surface area contributed by atoms with Crippen LogP contribution in [0.15, 0.2) is 0 Å². The molecule has 0 bridgehead atoms. The molecule has 0 spiro atoms. The van der Waals surface area contributed by atoms with Gasteiger partial charge in [-0.2, -0.15) is 11.8 Å². The number of thioether (sulfide) groups is 1. The van der Waals surface area contributed by atoms with Gasteiger partial charge in [-0.25, -0.2) is 0 Å². The molecule has 0 radical (unpaired) electrons. The third kappa shape index (κ3) is 4.95. The number of ether oxygens (including phenoxy) is 1. The van der Waals surface area contributed by atoms with Crippen LogP contribution < -0.4 is 5.73 Å². The second kappa shape index (κ2) is 6.92. The lowest BCUT2D eigenvalue weighted by Crippen LogP contribution is -2.49.